The van der Waals surface area contributed by atoms with E-state index < -0.39 is 0 Å². The second-order valence-corrected chi connectivity index (χ2v) is 6.85. The lowest BCUT2D eigenvalue weighted by Gasteiger charge is -2.13. The van der Waals surface area contributed by atoms with Crippen LogP contribution in [0.2, 0.25) is 0 Å². The number of allylic oxidation sites excluding steroid dienone is 2. The van der Waals surface area contributed by atoms with Gasteiger partial charge in [-0.3, -0.25) is 0 Å². The highest BCUT2D eigenvalue weighted by Crippen LogP contribution is 2.22. The van der Waals surface area contributed by atoms with Crippen molar-refractivity contribution in [2.45, 2.75) is 19.3 Å². The molecule has 3 rings (SSSR count). The molecule has 0 aromatic heterocycles. The molecule has 0 saturated carbocycles. The van der Waals surface area contributed by atoms with Gasteiger partial charge in [0, 0.05) is 19.8 Å². The predicted octanol–water partition coefficient (Wildman–Crippen LogP) is 6.01. The first-order valence-electron chi connectivity index (χ1n) is 9.27. The number of anilines is 1. The Bertz CT molecular complexity index is 815. The number of rotatable bonds is 7. The van der Waals surface area contributed by atoms with Crippen molar-refractivity contribution in [1.82, 2.24) is 0 Å². The van der Waals surface area contributed by atoms with E-state index in [0.717, 1.165) is 19.3 Å². The molecule has 26 heavy (non-hydrogen) atoms. The zero-order valence-electron chi connectivity index (χ0n) is 15.7. The van der Waals surface area contributed by atoms with Crippen LogP contribution < -0.4 is 4.90 Å². The van der Waals surface area contributed by atoms with Crippen LogP contribution in [0.4, 0.5) is 5.69 Å². The molecule has 0 fully saturated rings. The number of hydrogen-bond donors (Lipinski definition) is 0. The van der Waals surface area contributed by atoms with Crippen LogP contribution >= 0.6 is 0 Å². The lowest BCUT2D eigenvalue weighted by Crippen LogP contribution is -2.08. The molecule has 0 aliphatic heterocycles. The van der Waals surface area contributed by atoms with Crippen molar-refractivity contribution in [3.05, 3.63) is 108 Å². The van der Waals surface area contributed by atoms with Gasteiger partial charge in [0.15, 0.2) is 0 Å². The molecule has 0 atom stereocenters. The van der Waals surface area contributed by atoms with Crippen molar-refractivity contribution in [3.8, 4) is 0 Å². The highest BCUT2D eigenvalue weighted by Gasteiger charge is 2.04. The predicted molar refractivity (Wildman–Crippen MR) is 114 cm³/mol. The van der Waals surface area contributed by atoms with E-state index in [1.54, 1.807) is 0 Å². The standard InChI is InChI=1S/C25H27N/c1-26(2)25-19-15-22(16-20-25)14-18-24(23-11-7-4-8-12-23)17-13-21-9-5-3-6-10-21/h3-12,15-17,19-20H,13-14,18H2,1-2H3/b24-17-. The number of nitrogens with zero attached hydrogens (tertiary/aromatic N) is 1. The van der Waals surface area contributed by atoms with Crippen molar-refractivity contribution in [3.63, 3.8) is 0 Å². The van der Waals surface area contributed by atoms with Crippen LogP contribution in [-0.2, 0) is 12.8 Å². The summed E-state index contributed by atoms with van der Waals surface area (Å²) < 4.78 is 0. The Labute approximate surface area is 157 Å². The maximum atomic E-state index is 2.39. The minimum absolute atomic E-state index is 0.977. The summed E-state index contributed by atoms with van der Waals surface area (Å²) in [6.07, 6.45) is 5.48. The summed E-state index contributed by atoms with van der Waals surface area (Å²) in [6.45, 7) is 0. The van der Waals surface area contributed by atoms with E-state index in [4.69, 9.17) is 0 Å². The molecule has 0 aliphatic carbocycles. The molecule has 132 valence electrons. The molecular weight excluding hydrogens is 314 g/mol. The molecule has 3 aromatic rings. The number of hydrogen-bond acceptors (Lipinski definition) is 1. The van der Waals surface area contributed by atoms with Crippen molar-refractivity contribution >= 4 is 11.3 Å². The van der Waals surface area contributed by atoms with Gasteiger partial charge in [-0.2, -0.15) is 0 Å². The fourth-order valence-corrected chi connectivity index (χ4v) is 3.11. The van der Waals surface area contributed by atoms with Gasteiger partial charge in [0.05, 0.1) is 0 Å². The van der Waals surface area contributed by atoms with E-state index in [1.165, 1.54) is 28.0 Å². The highest BCUT2D eigenvalue weighted by atomic mass is 15.1. The van der Waals surface area contributed by atoms with Crippen LogP contribution in [0.1, 0.15) is 23.1 Å². The van der Waals surface area contributed by atoms with Gasteiger partial charge in [-0.1, -0.05) is 78.9 Å². The lowest BCUT2D eigenvalue weighted by molar-refractivity contribution is 1.01. The fraction of sp³-hybridized carbons (Fsp3) is 0.200. The van der Waals surface area contributed by atoms with Crippen molar-refractivity contribution in [1.29, 1.82) is 0 Å². The third kappa shape index (κ3) is 5.10. The Hall–Kier alpha value is -2.80. The average molecular weight is 341 g/mol. The first-order valence-corrected chi connectivity index (χ1v) is 9.27. The molecule has 1 heteroatoms. The van der Waals surface area contributed by atoms with E-state index in [1.807, 2.05) is 0 Å². The van der Waals surface area contributed by atoms with Crippen LogP contribution in [0.5, 0.6) is 0 Å². The quantitative estimate of drug-likeness (QED) is 0.508. The Morgan fingerprint density at radius 1 is 0.731 bits per heavy atom. The maximum absolute atomic E-state index is 2.39. The van der Waals surface area contributed by atoms with Crippen LogP contribution in [0, 0.1) is 0 Å². The van der Waals surface area contributed by atoms with Gasteiger partial charge in [0.1, 0.15) is 0 Å². The van der Waals surface area contributed by atoms with Gasteiger partial charge in [-0.15, -0.1) is 0 Å². The highest BCUT2D eigenvalue weighted by molar-refractivity contribution is 5.66. The molecule has 0 spiro atoms. The summed E-state index contributed by atoms with van der Waals surface area (Å²) >= 11 is 0. The van der Waals surface area contributed by atoms with E-state index in [2.05, 4.69) is 110 Å². The largest absolute Gasteiger partial charge is 0.378 e. The lowest BCUT2D eigenvalue weighted by atomic mass is 9.96. The molecule has 0 heterocycles. The van der Waals surface area contributed by atoms with E-state index in [0.29, 0.717) is 0 Å². The maximum Gasteiger partial charge on any atom is 0.0361 e. The summed E-state index contributed by atoms with van der Waals surface area (Å²) in [5.41, 5.74) is 6.74. The first kappa shape index (κ1) is 18.0. The SMILES string of the molecule is CN(C)c1ccc(CC/C(=C/Cc2ccccc2)c2ccccc2)cc1. The first-order chi connectivity index (χ1) is 12.7. The van der Waals surface area contributed by atoms with E-state index in [-0.39, 0.29) is 0 Å². The average Bonchev–Trinajstić information content (AvgIpc) is 2.70. The minimum atomic E-state index is 0.977. The third-order valence-electron chi connectivity index (χ3n) is 4.71. The zero-order chi connectivity index (χ0) is 18.2. The molecule has 0 unspecified atom stereocenters. The van der Waals surface area contributed by atoms with Crippen LogP contribution in [0.3, 0.4) is 0 Å². The van der Waals surface area contributed by atoms with Crippen molar-refractivity contribution in [2.24, 2.45) is 0 Å². The summed E-state index contributed by atoms with van der Waals surface area (Å²) in [5, 5.41) is 0. The van der Waals surface area contributed by atoms with Crippen molar-refractivity contribution < 1.29 is 0 Å². The Balaban J connectivity index is 1.73. The summed E-state index contributed by atoms with van der Waals surface area (Å²) in [6, 6.07) is 30.3. The van der Waals surface area contributed by atoms with Gasteiger partial charge < -0.3 is 4.90 Å². The molecule has 0 amide bonds. The second-order valence-electron chi connectivity index (χ2n) is 6.85. The molecular formula is C25H27N. The molecule has 0 aliphatic rings. The van der Waals surface area contributed by atoms with Gasteiger partial charge in [-0.25, -0.2) is 0 Å². The van der Waals surface area contributed by atoms with Gasteiger partial charge in [-0.05, 0) is 53.7 Å². The van der Waals surface area contributed by atoms with Crippen LogP contribution in [0.25, 0.3) is 5.57 Å². The smallest absolute Gasteiger partial charge is 0.0361 e. The van der Waals surface area contributed by atoms with Gasteiger partial charge in [0.2, 0.25) is 0 Å². The molecule has 0 bridgehead atoms. The molecule has 0 saturated heterocycles. The molecule has 3 aromatic carbocycles. The number of aryl methyl sites for hydroxylation is 1. The topological polar surface area (TPSA) is 3.24 Å². The number of benzene rings is 3. The van der Waals surface area contributed by atoms with Crippen molar-refractivity contribution in [2.75, 3.05) is 19.0 Å². The molecule has 1 nitrogen and oxygen atoms in total. The van der Waals surface area contributed by atoms with E-state index in [9.17, 15) is 0 Å². The van der Waals surface area contributed by atoms with E-state index >= 15 is 0 Å². The normalized spacial score (nSPS) is 11.4. The summed E-state index contributed by atoms with van der Waals surface area (Å²) in [5.74, 6) is 0. The van der Waals surface area contributed by atoms with Gasteiger partial charge in [0.25, 0.3) is 0 Å². The Morgan fingerprint density at radius 3 is 1.96 bits per heavy atom. The second kappa shape index (κ2) is 9.05. The zero-order valence-corrected chi connectivity index (χ0v) is 15.7. The van der Waals surface area contributed by atoms with Crippen LogP contribution in [-0.4, -0.2) is 14.1 Å². The van der Waals surface area contributed by atoms with Crippen LogP contribution in [0.15, 0.2) is 91.0 Å². The molecule has 0 radical (unpaired) electrons. The Morgan fingerprint density at radius 2 is 1.35 bits per heavy atom. The minimum Gasteiger partial charge on any atom is -0.378 e. The fourth-order valence-electron chi connectivity index (χ4n) is 3.11. The third-order valence-corrected chi connectivity index (χ3v) is 4.71. The van der Waals surface area contributed by atoms with Gasteiger partial charge >= 0.3 is 0 Å². The monoisotopic (exact) mass is 341 g/mol. The molecule has 0 N–H and O–H groups in total. The summed E-state index contributed by atoms with van der Waals surface area (Å²) in [7, 11) is 4.16. The Kier molecular flexibility index (Phi) is 6.27. The summed E-state index contributed by atoms with van der Waals surface area (Å²) in [4.78, 5) is 2.14.